The fourth-order valence-electron chi connectivity index (χ4n) is 1.19. The highest BCUT2D eigenvalue weighted by Crippen LogP contribution is 2.29. The number of likely N-dealkylation sites (N-methyl/N-ethyl adjacent to an activating group) is 1. The lowest BCUT2D eigenvalue weighted by atomic mass is 10.1. The predicted octanol–water partition coefficient (Wildman–Crippen LogP) is 2.85. The van der Waals surface area contributed by atoms with Crippen molar-refractivity contribution in [3.63, 3.8) is 0 Å². The largest absolute Gasteiger partial charge is 0.416 e. The molecule has 17 heavy (non-hydrogen) atoms. The number of benzene rings is 1. The second-order valence-electron chi connectivity index (χ2n) is 3.35. The molecule has 1 amide bonds. The maximum Gasteiger partial charge on any atom is 0.416 e. The summed E-state index contributed by atoms with van der Waals surface area (Å²) in [6, 6.07) is 4.60. The van der Waals surface area contributed by atoms with Crippen molar-refractivity contribution in [2.75, 3.05) is 6.54 Å². The summed E-state index contributed by atoms with van der Waals surface area (Å²) >= 11 is 0. The highest BCUT2D eigenvalue weighted by molar-refractivity contribution is 5.91. The van der Waals surface area contributed by atoms with Crippen LogP contribution < -0.4 is 5.32 Å². The minimum Gasteiger partial charge on any atom is -0.353 e. The van der Waals surface area contributed by atoms with Crippen LogP contribution in [0.25, 0.3) is 6.08 Å². The molecule has 0 bridgehead atoms. The van der Waals surface area contributed by atoms with Crippen LogP contribution in [0.2, 0.25) is 0 Å². The van der Waals surface area contributed by atoms with Crippen molar-refractivity contribution >= 4 is 12.0 Å². The number of halogens is 3. The summed E-state index contributed by atoms with van der Waals surface area (Å²) in [5.74, 6) is -0.271. The Morgan fingerprint density at radius 1 is 1.29 bits per heavy atom. The van der Waals surface area contributed by atoms with E-state index in [9.17, 15) is 18.0 Å². The first-order valence-electron chi connectivity index (χ1n) is 5.06. The molecule has 1 N–H and O–H groups in total. The number of carbonyl (C=O) groups excluding carboxylic acids is 1. The Hall–Kier alpha value is -1.78. The molecule has 0 atom stereocenters. The van der Waals surface area contributed by atoms with Gasteiger partial charge in [-0.05, 0) is 30.7 Å². The van der Waals surface area contributed by atoms with Crippen LogP contribution in [0.15, 0.2) is 30.3 Å². The first kappa shape index (κ1) is 13.3. The molecular weight excluding hydrogens is 231 g/mol. The van der Waals surface area contributed by atoms with Crippen LogP contribution in [0, 0.1) is 0 Å². The van der Waals surface area contributed by atoms with Gasteiger partial charge in [0.05, 0.1) is 5.56 Å². The van der Waals surface area contributed by atoms with Gasteiger partial charge in [-0.15, -0.1) is 0 Å². The van der Waals surface area contributed by atoms with E-state index < -0.39 is 11.7 Å². The molecule has 2 nitrogen and oxygen atoms in total. The molecule has 0 aromatic heterocycles. The minimum absolute atomic E-state index is 0.271. The van der Waals surface area contributed by atoms with Gasteiger partial charge in [0.1, 0.15) is 0 Å². The number of amides is 1. The summed E-state index contributed by atoms with van der Waals surface area (Å²) in [5, 5.41) is 2.55. The third kappa shape index (κ3) is 4.30. The molecular formula is C12H12F3NO. The average molecular weight is 243 g/mol. The van der Waals surface area contributed by atoms with E-state index in [1.54, 1.807) is 6.92 Å². The number of alkyl halides is 3. The number of rotatable bonds is 3. The Balaban J connectivity index is 2.72. The molecule has 1 aromatic carbocycles. The van der Waals surface area contributed by atoms with Crippen molar-refractivity contribution in [3.05, 3.63) is 41.5 Å². The molecule has 0 saturated heterocycles. The summed E-state index contributed by atoms with van der Waals surface area (Å²) in [4.78, 5) is 11.1. The van der Waals surface area contributed by atoms with Gasteiger partial charge in [-0.25, -0.2) is 0 Å². The third-order valence-electron chi connectivity index (χ3n) is 2.02. The fraction of sp³-hybridized carbons (Fsp3) is 0.250. The van der Waals surface area contributed by atoms with Gasteiger partial charge in [-0.3, -0.25) is 4.79 Å². The summed E-state index contributed by atoms with van der Waals surface area (Å²) in [5.41, 5.74) is -0.156. The van der Waals surface area contributed by atoms with E-state index in [0.717, 1.165) is 12.1 Å². The maximum atomic E-state index is 12.3. The zero-order valence-corrected chi connectivity index (χ0v) is 9.21. The zero-order valence-electron chi connectivity index (χ0n) is 9.21. The van der Waals surface area contributed by atoms with Crippen molar-refractivity contribution in [2.24, 2.45) is 0 Å². The topological polar surface area (TPSA) is 29.1 Å². The molecule has 1 aromatic rings. The average Bonchev–Trinajstić information content (AvgIpc) is 2.26. The van der Waals surface area contributed by atoms with E-state index in [-0.39, 0.29) is 5.91 Å². The lowest BCUT2D eigenvalue weighted by Crippen LogP contribution is -2.19. The second kappa shape index (κ2) is 5.52. The summed E-state index contributed by atoms with van der Waals surface area (Å²) in [7, 11) is 0. The monoisotopic (exact) mass is 243 g/mol. The second-order valence-corrected chi connectivity index (χ2v) is 3.35. The van der Waals surface area contributed by atoms with Crippen molar-refractivity contribution in [2.45, 2.75) is 13.1 Å². The summed E-state index contributed by atoms with van der Waals surface area (Å²) in [6.45, 7) is 2.29. The zero-order chi connectivity index (χ0) is 12.9. The first-order valence-corrected chi connectivity index (χ1v) is 5.06. The van der Waals surface area contributed by atoms with Crippen molar-refractivity contribution in [1.82, 2.24) is 5.32 Å². The molecule has 5 heteroatoms. The van der Waals surface area contributed by atoms with E-state index in [0.29, 0.717) is 12.1 Å². The Morgan fingerprint density at radius 3 is 2.35 bits per heavy atom. The molecule has 1 rings (SSSR count). The highest BCUT2D eigenvalue weighted by atomic mass is 19.4. The lowest BCUT2D eigenvalue weighted by molar-refractivity contribution is -0.137. The molecule has 0 heterocycles. The van der Waals surface area contributed by atoms with E-state index in [1.165, 1.54) is 24.3 Å². The van der Waals surface area contributed by atoms with Crippen LogP contribution in [0.3, 0.4) is 0 Å². The lowest BCUT2D eigenvalue weighted by Gasteiger charge is -2.05. The van der Waals surface area contributed by atoms with Crippen molar-refractivity contribution in [3.8, 4) is 0 Å². The van der Waals surface area contributed by atoms with Crippen LogP contribution in [0.1, 0.15) is 18.1 Å². The molecule has 0 aliphatic heterocycles. The van der Waals surface area contributed by atoms with E-state index in [4.69, 9.17) is 0 Å². The number of carbonyl (C=O) groups is 1. The Labute approximate surface area is 97.1 Å². The molecule has 0 saturated carbocycles. The maximum absolute atomic E-state index is 12.3. The number of hydrogen-bond donors (Lipinski definition) is 1. The molecule has 92 valence electrons. The van der Waals surface area contributed by atoms with E-state index in [2.05, 4.69) is 5.32 Å². The van der Waals surface area contributed by atoms with Gasteiger partial charge in [0.25, 0.3) is 0 Å². The fourth-order valence-corrected chi connectivity index (χ4v) is 1.19. The smallest absolute Gasteiger partial charge is 0.353 e. The SMILES string of the molecule is CCNC(=O)/C=C/c1ccc(C(F)(F)F)cc1. The Bertz CT molecular complexity index is 407. The summed E-state index contributed by atoms with van der Waals surface area (Å²) < 4.78 is 36.8. The van der Waals surface area contributed by atoms with Gasteiger partial charge in [0.2, 0.25) is 5.91 Å². The minimum atomic E-state index is -4.33. The first-order chi connectivity index (χ1) is 7.93. The molecule has 0 aliphatic rings. The van der Waals surface area contributed by atoms with Crippen LogP contribution in [-0.2, 0) is 11.0 Å². The van der Waals surface area contributed by atoms with Gasteiger partial charge in [-0.1, -0.05) is 12.1 Å². The van der Waals surface area contributed by atoms with Gasteiger partial charge >= 0.3 is 6.18 Å². The molecule has 0 radical (unpaired) electrons. The Kier molecular flexibility index (Phi) is 4.31. The Morgan fingerprint density at radius 2 is 1.88 bits per heavy atom. The summed E-state index contributed by atoms with van der Waals surface area (Å²) in [6.07, 6.45) is -1.58. The van der Waals surface area contributed by atoms with Gasteiger partial charge in [0.15, 0.2) is 0 Å². The van der Waals surface area contributed by atoms with Crippen LogP contribution >= 0.6 is 0 Å². The number of hydrogen-bond acceptors (Lipinski definition) is 1. The van der Waals surface area contributed by atoms with Gasteiger partial charge in [-0.2, -0.15) is 13.2 Å². The molecule has 0 spiro atoms. The van der Waals surface area contributed by atoms with Crippen LogP contribution in [-0.4, -0.2) is 12.5 Å². The van der Waals surface area contributed by atoms with E-state index in [1.807, 2.05) is 0 Å². The number of nitrogens with one attached hydrogen (secondary N) is 1. The third-order valence-corrected chi connectivity index (χ3v) is 2.02. The highest BCUT2D eigenvalue weighted by Gasteiger charge is 2.29. The van der Waals surface area contributed by atoms with Crippen molar-refractivity contribution < 1.29 is 18.0 Å². The normalized spacial score (nSPS) is 11.8. The predicted molar refractivity (Wildman–Crippen MR) is 59.2 cm³/mol. The standard InChI is InChI=1S/C12H12F3NO/c1-2-16-11(17)8-5-9-3-6-10(7-4-9)12(13,14)15/h3-8H,2H2,1H3,(H,16,17)/b8-5+. The van der Waals surface area contributed by atoms with Crippen LogP contribution in [0.5, 0.6) is 0 Å². The molecule has 0 aliphatic carbocycles. The van der Waals surface area contributed by atoms with Crippen molar-refractivity contribution in [1.29, 1.82) is 0 Å². The molecule has 0 unspecified atom stereocenters. The van der Waals surface area contributed by atoms with E-state index >= 15 is 0 Å². The van der Waals surface area contributed by atoms with Gasteiger partial charge in [0, 0.05) is 12.6 Å². The van der Waals surface area contributed by atoms with Gasteiger partial charge < -0.3 is 5.32 Å². The van der Waals surface area contributed by atoms with Crippen LogP contribution in [0.4, 0.5) is 13.2 Å². The quantitative estimate of drug-likeness (QED) is 0.812. The molecule has 0 fully saturated rings.